The lowest BCUT2D eigenvalue weighted by Crippen LogP contribution is -1.97. The molecule has 0 fully saturated rings. The highest BCUT2D eigenvalue weighted by Gasteiger charge is 2.14. The average molecular weight is 283 g/mol. The molecule has 0 aromatic heterocycles. The van der Waals surface area contributed by atoms with Crippen LogP contribution in [0.5, 0.6) is 11.5 Å². The Morgan fingerprint density at radius 1 is 1.00 bits per heavy atom. The Kier molecular flexibility index (Phi) is 4.00. The van der Waals surface area contributed by atoms with E-state index >= 15 is 0 Å². The van der Waals surface area contributed by atoms with E-state index in [1.807, 2.05) is 12.1 Å². The van der Waals surface area contributed by atoms with Gasteiger partial charge in [0.2, 0.25) is 0 Å². The van der Waals surface area contributed by atoms with Gasteiger partial charge < -0.3 is 4.74 Å². The number of hydrogen-bond donors (Lipinski definition) is 0. The lowest BCUT2D eigenvalue weighted by Gasteiger charge is -2.10. The molecule has 0 unspecified atom stereocenters. The van der Waals surface area contributed by atoms with Gasteiger partial charge in [-0.15, -0.1) is 0 Å². The van der Waals surface area contributed by atoms with E-state index in [0.29, 0.717) is 0 Å². The summed E-state index contributed by atoms with van der Waals surface area (Å²) in [5.74, 6) is 0.441. The maximum Gasteiger partial charge on any atom is 0.256 e. The molecule has 2 aromatic rings. The van der Waals surface area contributed by atoms with Gasteiger partial charge in [-0.1, -0.05) is 18.2 Å². The van der Waals surface area contributed by atoms with Crippen molar-refractivity contribution < 1.29 is 9.53 Å². The fraction of sp³-hybridized carbons (Fsp3) is 0. The minimum atomic E-state index is -0.657. The zero-order valence-electron chi connectivity index (χ0n) is 10.1. The summed E-state index contributed by atoms with van der Waals surface area (Å²) >= 11 is 5.47. The van der Waals surface area contributed by atoms with Gasteiger partial charge in [-0.2, -0.15) is 10.5 Å². The maximum absolute atomic E-state index is 11.3. The number of rotatable bonds is 3. The summed E-state index contributed by atoms with van der Waals surface area (Å²) < 4.78 is 5.56. The highest BCUT2D eigenvalue weighted by Crippen LogP contribution is 2.30. The van der Waals surface area contributed by atoms with E-state index in [4.69, 9.17) is 26.9 Å². The van der Waals surface area contributed by atoms with Crippen molar-refractivity contribution in [1.82, 2.24) is 0 Å². The molecule has 2 aromatic carbocycles. The van der Waals surface area contributed by atoms with Gasteiger partial charge in [0, 0.05) is 0 Å². The molecule has 0 bridgehead atoms. The first-order valence-electron chi connectivity index (χ1n) is 5.57. The summed E-state index contributed by atoms with van der Waals surface area (Å²) in [4.78, 5) is 11.3. The van der Waals surface area contributed by atoms with Crippen molar-refractivity contribution in [2.24, 2.45) is 0 Å². The number of nitrogens with zero attached hydrogens (tertiary/aromatic N) is 2. The van der Waals surface area contributed by atoms with E-state index in [9.17, 15) is 4.79 Å². The third-order valence-corrected chi connectivity index (χ3v) is 2.78. The smallest absolute Gasteiger partial charge is 0.256 e. The largest absolute Gasteiger partial charge is 0.455 e. The Bertz CT molecular complexity index is 757. The number of carbonyl (C=O) groups is 1. The minimum Gasteiger partial charge on any atom is -0.455 e. The van der Waals surface area contributed by atoms with Gasteiger partial charge >= 0.3 is 0 Å². The van der Waals surface area contributed by atoms with Crippen LogP contribution in [0.1, 0.15) is 21.5 Å². The minimum absolute atomic E-state index is 0.117. The Balaban J connectivity index is 2.50. The van der Waals surface area contributed by atoms with Crippen LogP contribution in [0.4, 0.5) is 0 Å². The van der Waals surface area contributed by atoms with Gasteiger partial charge in [0.05, 0.1) is 11.1 Å². The van der Waals surface area contributed by atoms with Crippen LogP contribution in [0.25, 0.3) is 0 Å². The Morgan fingerprint density at radius 3 is 2.35 bits per heavy atom. The van der Waals surface area contributed by atoms with Gasteiger partial charge in [-0.05, 0) is 35.9 Å². The van der Waals surface area contributed by atoms with Crippen LogP contribution in [-0.4, -0.2) is 5.24 Å². The number of carbonyl (C=O) groups excluding carboxylic acids is 1. The number of para-hydroxylation sites is 1. The van der Waals surface area contributed by atoms with Crippen molar-refractivity contribution >= 4 is 16.8 Å². The van der Waals surface area contributed by atoms with Gasteiger partial charge in [-0.3, -0.25) is 4.79 Å². The van der Waals surface area contributed by atoms with E-state index in [2.05, 4.69) is 0 Å². The molecule has 0 spiro atoms. The van der Waals surface area contributed by atoms with Crippen molar-refractivity contribution in [2.75, 3.05) is 0 Å². The number of nitriles is 2. The molecule has 0 aliphatic rings. The molecule has 2 rings (SSSR count). The Hall–Kier alpha value is -2.82. The van der Waals surface area contributed by atoms with Crippen LogP contribution in [0.3, 0.4) is 0 Å². The molecule has 0 atom stereocenters. The molecule has 5 heteroatoms. The third-order valence-electron chi connectivity index (χ3n) is 2.58. The highest BCUT2D eigenvalue weighted by molar-refractivity contribution is 6.68. The quantitative estimate of drug-likeness (QED) is 0.806. The summed E-state index contributed by atoms with van der Waals surface area (Å²) in [5, 5.41) is 17.4. The molecule has 4 nitrogen and oxygen atoms in total. The van der Waals surface area contributed by atoms with Crippen LogP contribution in [-0.2, 0) is 0 Å². The maximum atomic E-state index is 11.3. The third kappa shape index (κ3) is 2.61. The summed E-state index contributed by atoms with van der Waals surface area (Å²) in [7, 11) is 0. The van der Waals surface area contributed by atoms with E-state index in [1.165, 1.54) is 12.1 Å². The van der Waals surface area contributed by atoms with Crippen molar-refractivity contribution in [3.05, 3.63) is 59.2 Å². The normalized spacial score (nSPS) is 9.35. The molecule has 0 N–H and O–H groups in total. The summed E-state index contributed by atoms with van der Waals surface area (Å²) in [6.07, 6.45) is 0. The van der Waals surface area contributed by atoms with Crippen LogP contribution >= 0.6 is 11.6 Å². The Morgan fingerprint density at radius 2 is 1.70 bits per heavy atom. The Labute approximate surface area is 120 Å². The summed E-state index contributed by atoms with van der Waals surface area (Å²) in [6.45, 7) is 0. The van der Waals surface area contributed by atoms with Crippen molar-refractivity contribution in [1.29, 1.82) is 10.5 Å². The predicted octanol–water partition coefficient (Wildman–Crippen LogP) is 3.60. The molecule has 20 heavy (non-hydrogen) atoms. The van der Waals surface area contributed by atoms with Crippen LogP contribution < -0.4 is 4.74 Å². The van der Waals surface area contributed by atoms with Gasteiger partial charge in [0.15, 0.2) is 0 Å². The van der Waals surface area contributed by atoms with E-state index in [1.54, 1.807) is 30.3 Å². The molecule has 0 aliphatic carbocycles. The molecular formula is C15H7ClN2O2. The van der Waals surface area contributed by atoms with E-state index in [0.717, 1.165) is 0 Å². The number of halogens is 1. The fourth-order valence-corrected chi connectivity index (χ4v) is 1.82. The molecule has 0 saturated heterocycles. The van der Waals surface area contributed by atoms with Gasteiger partial charge in [0.1, 0.15) is 29.2 Å². The predicted molar refractivity (Wildman–Crippen MR) is 72.6 cm³/mol. The fourth-order valence-electron chi connectivity index (χ4n) is 1.66. The monoisotopic (exact) mass is 282 g/mol. The van der Waals surface area contributed by atoms with Crippen molar-refractivity contribution in [3.63, 3.8) is 0 Å². The summed E-state index contributed by atoms with van der Waals surface area (Å²) in [6, 6.07) is 14.9. The lowest BCUT2D eigenvalue weighted by molar-refractivity contribution is 0.107. The average Bonchev–Trinajstić information content (AvgIpc) is 2.47. The first-order chi connectivity index (χ1) is 9.67. The number of hydrogen-bond acceptors (Lipinski definition) is 4. The molecule has 0 heterocycles. The van der Waals surface area contributed by atoms with E-state index < -0.39 is 5.24 Å². The molecule has 0 amide bonds. The van der Waals surface area contributed by atoms with Crippen molar-refractivity contribution in [3.8, 4) is 23.6 Å². The van der Waals surface area contributed by atoms with Gasteiger partial charge in [-0.25, -0.2) is 0 Å². The standard InChI is InChI=1S/C15H7ClN2O2/c16-15(19)11-5-1-2-6-13(11)20-14-7-3-4-10(8-17)12(14)9-18/h1-7H. The van der Waals surface area contributed by atoms with Crippen LogP contribution in [0.2, 0.25) is 0 Å². The molecule has 0 aliphatic heterocycles. The van der Waals surface area contributed by atoms with Crippen molar-refractivity contribution in [2.45, 2.75) is 0 Å². The highest BCUT2D eigenvalue weighted by atomic mass is 35.5. The first-order valence-corrected chi connectivity index (χ1v) is 5.95. The van der Waals surface area contributed by atoms with Crippen LogP contribution in [0, 0.1) is 22.7 Å². The molecule has 0 saturated carbocycles. The van der Waals surface area contributed by atoms with E-state index in [-0.39, 0.29) is 28.2 Å². The summed E-state index contributed by atoms with van der Waals surface area (Å²) in [5.41, 5.74) is 0.520. The second-order valence-electron chi connectivity index (χ2n) is 3.77. The number of benzene rings is 2. The van der Waals surface area contributed by atoms with Gasteiger partial charge in [0.25, 0.3) is 5.24 Å². The second-order valence-corrected chi connectivity index (χ2v) is 4.12. The first kappa shape index (κ1) is 13.6. The zero-order chi connectivity index (χ0) is 14.5. The lowest BCUT2D eigenvalue weighted by atomic mass is 10.1. The molecule has 96 valence electrons. The topological polar surface area (TPSA) is 73.9 Å². The van der Waals surface area contributed by atoms with Crippen LogP contribution in [0.15, 0.2) is 42.5 Å². The zero-order valence-corrected chi connectivity index (χ0v) is 10.9. The SMILES string of the molecule is N#Cc1cccc(Oc2ccccc2C(=O)Cl)c1C#N. The number of ether oxygens (including phenoxy) is 1. The molecule has 0 radical (unpaired) electrons. The molecular weight excluding hydrogens is 276 g/mol. The second kappa shape index (κ2) is 5.88.